The van der Waals surface area contributed by atoms with Gasteiger partial charge in [-0.25, -0.2) is 0 Å². The molecule has 0 amide bonds. The van der Waals surface area contributed by atoms with Gasteiger partial charge in [0.1, 0.15) is 0 Å². The Balaban J connectivity index is 2.18. The third-order valence-electron chi connectivity index (χ3n) is 4.70. The van der Waals surface area contributed by atoms with Crippen LogP contribution in [0.3, 0.4) is 0 Å². The highest BCUT2D eigenvalue weighted by atomic mass is 15.3. The van der Waals surface area contributed by atoms with E-state index in [4.69, 9.17) is 5.73 Å². The molecule has 1 aliphatic heterocycles. The van der Waals surface area contributed by atoms with E-state index in [0.717, 1.165) is 31.3 Å². The first-order valence-corrected chi connectivity index (χ1v) is 7.51. The van der Waals surface area contributed by atoms with E-state index in [1.807, 2.05) is 17.9 Å². The zero-order valence-corrected chi connectivity index (χ0v) is 12.7. The number of piperidine rings is 1. The molecule has 1 aromatic heterocycles. The van der Waals surface area contributed by atoms with Crippen molar-refractivity contribution in [1.29, 1.82) is 0 Å². The van der Waals surface area contributed by atoms with E-state index in [2.05, 4.69) is 37.0 Å². The van der Waals surface area contributed by atoms with Crippen LogP contribution in [0.4, 0.5) is 0 Å². The summed E-state index contributed by atoms with van der Waals surface area (Å²) in [5.74, 6) is 1.57. The lowest BCUT2D eigenvalue weighted by atomic mass is 9.86. The van der Waals surface area contributed by atoms with Gasteiger partial charge in [0.2, 0.25) is 0 Å². The van der Waals surface area contributed by atoms with E-state index in [9.17, 15) is 0 Å². The zero-order chi connectivity index (χ0) is 14.0. The van der Waals surface area contributed by atoms with Gasteiger partial charge in [-0.2, -0.15) is 5.10 Å². The van der Waals surface area contributed by atoms with Crippen molar-refractivity contribution in [3.63, 3.8) is 0 Å². The summed E-state index contributed by atoms with van der Waals surface area (Å²) in [4.78, 5) is 2.57. The molecule has 0 saturated carbocycles. The van der Waals surface area contributed by atoms with Crippen molar-refractivity contribution in [3.05, 3.63) is 18.0 Å². The van der Waals surface area contributed by atoms with Gasteiger partial charge in [0.15, 0.2) is 0 Å². The van der Waals surface area contributed by atoms with Gasteiger partial charge in [0, 0.05) is 31.4 Å². The predicted octanol–water partition coefficient (Wildman–Crippen LogP) is 2.18. The summed E-state index contributed by atoms with van der Waals surface area (Å²) in [6.45, 7) is 9.19. The Morgan fingerprint density at radius 2 is 2.16 bits per heavy atom. The summed E-state index contributed by atoms with van der Waals surface area (Å²) in [7, 11) is 1.97. The number of hydrogen-bond donors (Lipinski definition) is 1. The number of rotatable bonds is 4. The molecule has 2 rings (SSSR count). The lowest BCUT2D eigenvalue weighted by Gasteiger charge is -2.42. The molecule has 1 aromatic rings. The van der Waals surface area contributed by atoms with Crippen molar-refractivity contribution in [1.82, 2.24) is 14.7 Å². The summed E-state index contributed by atoms with van der Waals surface area (Å²) >= 11 is 0. The van der Waals surface area contributed by atoms with Gasteiger partial charge in [0.05, 0.1) is 12.2 Å². The van der Waals surface area contributed by atoms with E-state index in [1.54, 1.807) is 0 Å². The number of nitrogens with two attached hydrogens (primary N) is 1. The summed E-state index contributed by atoms with van der Waals surface area (Å²) in [6, 6.07) is 0.499. The molecule has 0 aromatic carbocycles. The number of nitrogens with zero attached hydrogens (tertiary/aromatic N) is 3. The SMILES string of the molecule is CCC(N)C(c1cnn(C)c1)N1CCC(C)C(C)C1. The Kier molecular flexibility index (Phi) is 4.63. The quantitative estimate of drug-likeness (QED) is 0.906. The van der Waals surface area contributed by atoms with Gasteiger partial charge in [-0.05, 0) is 31.2 Å². The number of likely N-dealkylation sites (tertiary alicyclic amines) is 1. The fourth-order valence-corrected chi connectivity index (χ4v) is 3.09. The molecule has 0 aliphatic carbocycles. The van der Waals surface area contributed by atoms with Crippen LogP contribution in [0.1, 0.15) is 45.2 Å². The van der Waals surface area contributed by atoms with E-state index < -0.39 is 0 Å². The standard InChI is InChI=1S/C15H28N4/c1-5-14(16)15(13-8-17-18(4)10-13)19-7-6-11(2)12(3)9-19/h8,10-12,14-15H,5-7,9,16H2,1-4H3. The van der Waals surface area contributed by atoms with Crippen LogP contribution in [-0.4, -0.2) is 33.8 Å². The Morgan fingerprint density at radius 3 is 2.68 bits per heavy atom. The summed E-state index contributed by atoms with van der Waals surface area (Å²) in [6.07, 6.45) is 6.36. The highest BCUT2D eigenvalue weighted by Crippen LogP contribution is 2.31. The molecule has 0 bridgehead atoms. The maximum Gasteiger partial charge on any atom is 0.0538 e. The maximum atomic E-state index is 6.39. The molecule has 0 radical (unpaired) electrons. The van der Waals surface area contributed by atoms with Crippen LogP contribution in [-0.2, 0) is 7.05 Å². The van der Waals surface area contributed by atoms with Gasteiger partial charge < -0.3 is 5.73 Å². The fourth-order valence-electron chi connectivity index (χ4n) is 3.09. The van der Waals surface area contributed by atoms with Gasteiger partial charge in [-0.15, -0.1) is 0 Å². The van der Waals surface area contributed by atoms with Crippen LogP contribution < -0.4 is 5.73 Å². The minimum Gasteiger partial charge on any atom is -0.326 e. The van der Waals surface area contributed by atoms with Gasteiger partial charge in [-0.1, -0.05) is 20.8 Å². The zero-order valence-electron chi connectivity index (χ0n) is 12.7. The van der Waals surface area contributed by atoms with Crippen LogP contribution in [0.15, 0.2) is 12.4 Å². The monoisotopic (exact) mass is 264 g/mol. The lowest BCUT2D eigenvalue weighted by molar-refractivity contribution is 0.0816. The van der Waals surface area contributed by atoms with Crippen molar-refractivity contribution in [2.75, 3.05) is 13.1 Å². The third-order valence-corrected chi connectivity index (χ3v) is 4.70. The smallest absolute Gasteiger partial charge is 0.0538 e. The molecule has 19 heavy (non-hydrogen) atoms. The number of aromatic nitrogens is 2. The van der Waals surface area contributed by atoms with Crippen LogP contribution in [0.5, 0.6) is 0 Å². The van der Waals surface area contributed by atoms with Crippen molar-refractivity contribution in [3.8, 4) is 0 Å². The molecule has 2 heterocycles. The first-order chi connectivity index (χ1) is 9.02. The molecular weight excluding hydrogens is 236 g/mol. The fraction of sp³-hybridized carbons (Fsp3) is 0.800. The first kappa shape index (κ1) is 14.5. The summed E-state index contributed by atoms with van der Waals surface area (Å²) < 4.78 is 1.88. The molecule has 1 aliphatic rings. The summed E-state index contributed by atoms with van der Waals surface area (Å²) in [5, 5.41) is 4.32. The van der Waals surface area contributed by atoms with E-state index in [0.29, 0.717) is 6.04 Å². The molecule has 4 atom stereocenters. The normalized spacial score (nSPS) is 28.3. The molecule has 4 nitrogen and oxygen atoms in total. The van der Waals surface area contributed by atoms with Gasteiger partial charge in [0.25, 0.3) is 0 Å². The Morgan fingerprint density at radius 1 is 1.42 bits per heavy atom. The maximum absolute atomic E-state index is 6.39. The second-order valence-corrected chi connectivity index (χ2v) is 6.20. The predicted molar refractivity (Wildman–Crippen MR) is 78.7 cm³/mol. The number of hydrogen-bond acceptors (Lipinski definition) is 3. The Bertz CT molecular complexity index is 401. The second-order valence-electron chi connectivity index (χ2n) is 6.20. The molecule has 108 valence electrons. The van der Waals surface area contributed by atoms with Crippen LogP contribution >= 0.6 is 0 Å². The van der Waals surface area contributed by atoms with Crippen molar-refractivity contribution in [2.24, 2.45) is 24.6 Å². The molecule has 2 N–H and O–H groups in total. The highest BCUT2D eigenvalue weighted by Gasteiger charge is 2.32. The van der Waals surface area contributed by atoms with Crippen molar-refractivity contribution in [2.45, 2.75) is 45.7 Å². The second kappa shape index (κ2) is 6.06. The van der Waals surface area contributed by atoms with Crippen LogP contribution in [0, 0.1) is 11.8 Å². The molecule has 4 heteroatoms. The highest BCUT2D eigenvalue weighted by molar-refractivity contribution is 5.14. The Hall–Kier alpha value is -0.870. The average molecular weight is 264 g/mol. The average Bonchev–Trinajstić information content (AvgIpc) is 2.80. The largest absolute Gasteiger partial charge is 0.326 e. The first-order valence-electron chi connectivity index (χ1n) is 7.51. The van der Waals surface area contributed by atoms with Gasteiger partial charge in [-0.3, -0.25) is 9.58 Å². The van der Waals surface area contributed by atoms with E-state index in [1.165, 1.54) is 12.0 Å². The summed E-state index contributed by atoms with van der Waals surface area (Å²) in [5.41, 5.74) is 7.65. The number of aryl methyl sites for hydroxylation is 1. The van der Waals surface area contributed by atoms with Gasteiger partial charge >= 0.3 is 0 Å². The van der Waals surface area contributed by atoms with E-state index in [-0.39, 0.29) is 6.04 Å². The van der Waals surface area contributed by atoms with Crippen LogP contribution in [0.25, 0.3) is 0 Å². The van der Waals surface area contributed by atoms with Crippen LogP contribution in [0.2, 0.25) is 0 Å². The van der Waals surface area contributed by atoms with E-state index >= 15 is 0 Å². The molecule has 0 spiro atoms. The van der Waals surface area contributed by atoms with Crippen molar-refractivity contribution < 1.29 is 0 Å². The minimum absolute atomic E-state index is 0.185. The molecule has 1 saturated heterocycles. The molecule has 4 unspecified atom stereocenters. The molecular formula is C15H28N4. The minimum atomic E-state index is 0.185. The van der Waals surface area contributed by atoms with Crippen molar-refractivity contribution >= 4 is 0 Å². The molecule has 1 fully saturated rings. The third kappa shape index (κ3) is 3.18. The Labute approximate surface area is 117 Å². The lowest BCUT2D eigenvalue weighted by Crippen LogP contribution is -2.46. The topological polar surface area (TPSA) is 47.1 Å².